The van der Waals surface area contributed by atoms with Crippen LogP contribution in [0, 0.1) is 16.5 Å². The molecule has 10 rings (SSSR count). The fraction of sp³-hybridized carbons (Fsp3) is 0.0465. The molecule has 1 aromatic heterocycles. The van der Waals surface area contributed by atoms with E-state index in [0.717, 1.165) is 55.4 Å². The highest BCUT2D eigenvalue weighted by molar-refractivity contribution is 6.16. The van der Waals surface area contributed by atoms with Crippen molar-refractivity contribution in [1.29, 1.82) is 5.26 Å². The van der Waals surface area contributed by atoms with E-state index in [0.29, 0.717) is 16.9 Å². The zero-order chi connectivity index (χ0) is 31.9. The Labute approximate surface area is 277 Å². The number of quaternary nitrogens is 1. The summed E-state index contributed by atoms with van der Waals surface area (Å²) in [4.78, 5) is 2.43. The predicted molar refractivity (Wildman–Crippen MR) is 193 cm³/mol. The standard InChI is InChI=1S/C43H28N4O/c44-26-28-12-10-18-30(27-11-9-13-29(25-27)45-37-19-5-1-14-31(37)32-15-2-6-20-38(32)45)41(28)46-39-21-7-3-16-33(39)35-23-24-36-34-17-4-8-22-40(34)47(48)43(36)42(35)46/h1-25,31,37,47H. The van der Waals surface area contributed by atoms with Gasteiger partial charge in [0.2, 0.25) is 0 Å². The van der Waals surface area contributed by atoms with Crippen LogP contribution in [0.15, 0.2) is 152 Å². The molecule has 3 heterocycles. The van der Waals surface area contributed by atoms with E-state index >= 15 is 0 Å². The maximum atomic E-state index is 14.2. The molecule has 0 saturated carbocycles. The zero-order valence-electron chi connectivity index (χ0n) is 25.8. The number of nitrogens with zero attached hydrogens (tertiary/aromatic N) is 3. The third kappa shape index (κ3) is 3.61. The van der Waals surface area contributed by atoms with Gasteiger partial charge in [-0.05, 0) is 53.6 Å². The lowest BCUT2D eigenvalue weighted by atomic mass is 9.91. The summed E-state index contributed by atoms with van der Waals surface area (Å²) in [7, 11) is 0. The predicted octanol–water partition coefficient (Wildman–Crippen LogP) is 9.38. The van der Waals surface area contributed by atoms with E-state index in [4.69, 9.17) is 0 Å². The molecule has 0 amide bonds. The van der Waals surface area contributed by atoms with Crippen molar-refractivity contribution < 1.29 is 5.06 Å². The summed E-state index contributed by atoms with van der Waals surface area (Å²) in [6, 6.07) is 46.2. The van der Waals surface area contributed by atoms with Crippen LogP contribution in [0.2, 0.25) is 0 Å². The van der Waals surface area contributed by atoms with E-state index in [2.05, 4.69) is 119 Å². The Bertz CT molecular complexity index is 2590. The van der Waals surface area contributed by atoms with E-state index in [-0.39, 0.29) is 17.0 Å². The molecule has 48 heavy (non-hydrogen) atoms. The van der Waals surface area contributed by atoms with Crippen LogP contribution in [0.1, 0.15) is 17.0 Å². The van der Waals surface area contributed by atoms with Gasteiger partial charge in [-0.15, -0.1) is 0 Å². The normalized spacial score (nSPS) is 18.5. The van der Waals surface area contributed by atoms with Crippen molar-refractivity contribution in [2.45, 2.75) is 12.0 Å². The fourth-order valence-corrected chi connectivity index (χ4v) is 8.32. The molecule has 0 fully saturated rings. The van der Waals surface area contributed by atoms with Crippen LogP contribution in [-0.2, 0) is 0 Å². The van der Waals surface area contributed by atoms with Gasteiger partial charge >= 0.3 is 0 Å². The van der Waals surface area contributed by atoms with E-state index in [1.165, 1.54) is 11.3 Å². The molecule has 226 valence electrons. The lowest BCUT2D eigenvalue weighted by Crippen LogP contribution is -2.95. The Morgan fingerprint density at radius 3 is 2.42 bits per heavy atom. The lowest BCUT2D eigenvalue weighted by Gasteiger charge is -2.29. The van der Waals surface area contributed by atoms with Crippen molar-refractivity contribution in [3.8, 4) is 34.0 Å². The first-order chi connectivity index (χ1) is 23.7. The van der Waals surface area contributed by atoms with E-state index < -0.39 is 0 Å². The quantitative estimate of drug-likeness (QED) is 0.201. The Morgan fingerprint density at radius 1 is 0.688 bits per heavy atom. The summed E-state index contributed by atoms with van der Waals surface area (Å²) in [6.45, 7) is 0. The smallest absolute Gasteiger partial charge is 0.169 e. The largest absolute Gasteiger partial charge is 0.623 e. The van der Waals surface area contributed by atoms with Gasteiger partial charge in [0.15, 0.2) is 5.69 Å². The number of fused-ring (bicyclic) bond motifs is 10. The van der Waals surface area contributed by atoms with Gasteiger partial charge in [-0.2, -0.15) is 5.26 Å². The van der Waals surface area contributed by atoms with E-state index in [1.807, 2.05) is 48.5 Å². The number of nitriles is 1. The van der Waals surface area contributed by atoms with Crippen LogP contribution in [0.4, 0.5) is 22.7 Å². The van der Waals surface area contributed by atoms with Crippen molar-refractivity contribution in [3.63, 3.8) is 0 Å². The summed E-state index contributed by atoms with van der Waals surface area (Å²) < 4.78 is 2.17. The number of benzene rings is 6. The molecule has 2 aliphatic heterocycles. The van der Waals surface area contributed by atoms with Crippen LogP contribution in [0.25, 0.3) is 49.7 Å². The van der Waals surface area contributed by atoms with Crippen molar-refractivity contribution in [3.05, 3.63) is 168 Å². The van der Waals surface area contributed by atoms with Gasteiger partial charge in [0.1, 0.15) is 17.3 Å². The van der Waals surface area contributed by atoms with Gasteiger partial charge in [0, 0.05) is 45.3 Å². The van der Waals surface area contributed by atoms with Gasteiger partial charge in [-0.1, -0.05) is 103 Å². The Kier molecular flexibility index (Phi) is 5.71. The van der Waals surface area contributed by atoms with Gasteiger partial charge in [-0.25, -0.2) is 0 Å². The molecule has 1 aliphatic carbocycles. The summed E-state index contributed by atoms with van der Waals surface area (Å²) in [5.74, 6) is 0.286. The topological polar surface area (TPSA) is 59.5 Å². The highest BCUT2D eigenvalue weighted by Gasteiger charge is 2.37. The molecular weight excluding hydrogens is 589 g/mol. The minimum absolute atomic E-state index is 0.0186. The summed E-state index contributed by atoms with van der Waals surface area (Å²) >= 11 is 0. The SMILES string of the molecule is N#Cc1cccc(-c2cccc(N3c4ccccc4C4C=CC=CC43)c2)c1-n1c2ccccc2c2ccc3c(c21)[NH+]([O-])c1ccccc1-3. The molecule has 6 aromatic carbocycles. The van der Waals surface area contributed by atoms with E-state index in [1.54, 1.807) is 0 Å². The molecule has 3 unspecified atom stereocenters. The first kappa shape index (κ1) is 27.0. The number of anilines is 2. The minimum Gasteiger partial charge on any atom is -0.623 e. The van der Waals surface area contributed by atoms with Gasteiger partial charge in [0.05, 0.1) is 28.4 Å². The molecule has 0 saturated heterocycles. The number of hydrogen-bond acceptors (Lipinski definition) is 3. The van der Waals surface area contributed by atoms with Crippen LogP contribution < -0.4 is 9.96 Å². The number of allylic oxidation sites excluding steroid dienone is 2. The van der Waals surface area contributed by atoms with Gasteiger partial charge in [0.25, 0.3) is 0 Å². The first-order valence-electron chi connectivity index (χ1n) is 16.3. The third-order valence-corrected chi connectivity index (χ3v) is 10.3. The third-order valence-electron chi connectivity index (χ3n) is 10.3. The van der Waals surface area contributed by atoms with Crippen molar-refractivity contribution >= 4 is 44.6 Å². The molecule has 1 N–H and O–H groups in total. The second-order valence-corrected chi connectivity index (χ2v) is 12.7. The summed E-state index contributed by atoms with van der Waals surface area (Å²) in [5.41, 5.74) is 12.0. The first-order valence-corrected chi connectivity index (χ1v) is 16.3. The number of aromatic nitrogens is 1. The molecule has 0 bridgehead atoms. The van der Waals surface area contributed by atoms with Crippen LogP contribution in [-0.4, -0.2) is 10.6 Å². The summed E-state index contributed by atoms with van der Waals surface area (Å²) in [5, 5.41) is 26.9. The molecule has 0 spiro atoms. The zero-order valence-corrected chi connectivity index (χ0v) is 25.8. The molecule has 3 atom stereocenters. The molecular formula is C43H28N4O. The number of hydrogen-bond donors (Lipinski definition) is 1. The maximum absolute atomic E-state index is 14.2. The number of para-hydroxylation sites is 4. The molecule has 0 radical (unpaired) electrons. The lowest BCUT2D eigenvalue weighted by molar-refractivity contribution is -0.692. The van der Waals surface area contributed by atoms with Crippen molar-refractivity contribution in [2.24, 2.45) is 0 Å². The van der Waals surface area contributed by atoms with Crippen LogP contribution in [0.5, 0.6) is 0 Å². The Balaban J connectivity index is 1.24. The van der Waals surface area contributed by atoms with Crippen molar-refractivity contribution in [2.75, 3.05) is 4.90 Å². The van der Waals surface area contributed by atoms with Crippen molar-refractivity contribution in [1.82, 2.24) is 4.57 Å². The molecule has 5 nitrogen and oxygen atoms in total. The number of rotatable bonds is 3. The van der Waals surface area contributed by atoms with E-state index in [9.17, 15) is 10.5 Å². The average molecular weight is 617 g/mol. The fourth-order valence-electron chi connectivity index (χ4n) is 8.32. The highest BCUT2D eigenvalue weighted by Crippen LogP contribution is 2.49. The number of nitrogens with one attached hydrogen (secondary N) is 1. The molecule has 3 aliphatic rings. The summed E-state index contributed by atoms with van der Waals surface area (Å²) in [6.07, 6.45) is 8.86. The second-order valence-electron chi connectivity index (χ2n) is 12.7. The second kappa shape index (κ2) is 10.2. The monoisotopic (exact) mass is 616 g/mol. The van der Waals surface area contributed by atoms with Crippen LogP contribution >= 0.6 is 0 Å². The average Bonchev–Trinajstić information content (AvgIpc) is 3.77. The highest BCUT2D eigenvalue weighted by atomic mass is 16.5. The maximum Gasteiger partial charge on any atom is 0.169 e. The Morgan fingerprint density at radius 2 is 1.48 bits per heavy atom. The molecule has 5 heteroatoms. The van der Waals surface area contributed by atoms with Crippen LogP contribution in [0.3, 0.4) is 0 Å². The minimum atomic E-state index is 0.0186. The van der Waals surface area contributed by atoms with Gasteiger partial charge < -0.3 is 19.7 Å². The Hall–Kier alpha value is -6.19. The molecule has 7 aromatic rings. The van der Waals surface area contributed by atoms with Gasteiger partial charge in [-0.3, -0.25) is 0 Å².